The lowest BCUT2D eigenvalue weighted by atomic mass is 9.41. The molecule has 28 nitrogen and oxygen atoms in total. The normalized spacial score (nSPS) is 54.5. The van der Waals surface area contributed by atoms with Crippen molar-refractivity contribution in [3.8, 4) is 0 Å². The van der Waals surface area contributed by atoms with E-state index in [-0.39, 0.29) is 11.8 Å². The lowest BCUT2D eigenvalue weighted by Crippen LogP contribution is -2.68. The van der Waals surface area contributed by atoms with Crippen LogP contribution in [0.4, 0.5) is 0 Å². The first-order valence-corrected chi connectivity index (χ1v) is 26.9. The first-order chi connectivity index (χ1) is 36.9. The van der Waals surface area contributed by atoms with Crippen LogP contribution in [0.25, 0.3) is 0 Å². The molecule has 0 amide bonds. The van der Waals surface area contributed by atoms with E-state index in [1.54, 1.807) is 6.92 Å². The lowest BCUT2D eigenvalue weighted by molar-refractivity contribution is -0.400. The van der Waals surface area contributed by atoms with Crippen LogP contribution in [0.5, 0.6) is 0 Å². The zero-order chi connectivity index (χ0) is 56.7. The van der Waals surface area contributed by atoms with Crippen LogP contribution in [0.2, 0.25) is 0 Å². The van der Waals surface area contributed by atoms with Crippen LogP contribution in [-0.2, 0) is 52.2 Å². The van der Waals surface area contributed by atoms with Crippen LogP contribution in [0.1, 0.15) is 71.6 Å². The standard InChI is InChI=1S/C50H80O28/c1-18-11-49-9-5-24-47(2,7-4-8-48(24,3)46(68)77-44-37(67)38(29(59)22(15-54)72-44)74-41-34(64)31(61)26(56)19(12-51)69-41)25(49)6-10-50(18,17-49)78-45-40(76-43-36(66)33(63)28(58)21(14-53)71-43)39(30(60)23(16-55)73-45)75-42-35(65)32(62)27(57)20(13-52)70-42/h19-45,51-67H,1,4-17H2,2-3H3/t19?,20?,21?,22?,23?,24-,25-,26?,27?,28?,29?,30?,31?,32?,33?,34?,35?,36?,37?,38?,39?,40?,41?,42?,43?,44?,45?,47+,48+,49+,50-/m0/s1. The quantitative estimate of drug-likeness (QED) is 0.0411. The van der Waals surface area contributed by atoms with E-state index in [2.05, 4.69) is 13.5 Å². The number of aliphatic hydroxyl groups excluding tert-OH is 17. The summed E-state index contributed by atoms with van der Waals surface area (Å²) in [5.41, 5.74) is -2.75. The van der Waals surface area contributed by atoms with Gasteiger partial charge in [0.2, 0.25) is 6.29 Å². The average Bonchev–Trinajstić information content (AvgIpc) is 3.79. The SMILES string of the molecule is C=C1C[C@@]23CC[C@H]4[C@@](C)(CCC[C@@]4(C)C(=O)OC4OC(CO)C(O)C(OC5OC(CO)C(O)C(O)C5O)C4O)[C@@H]2CC[C@]1(OC1OC(CO)C(O)C(OC2OC(CO)C(O)C(O)C2O)C1OC1OC(CO)C(O)C(O)C1O)C3. The number of hydrogen-bond donors (Lipinski definition) is 17. The third-order valence-corrected chi connectivity index (χ3v) is 19.2. The van der Waals surface area contributed by atoms with Gasteiger partial charge >= 0.3 is 5.97 Å². The van der Waals surface area contributed by atoms with E-state index in [9.17, 15) is 91.6 Å². The molecule has 9 rings (SSSR count). The van der Waals surface area contributed by atoms with E-state index in [4.69, 9.17) is 47.4 Å². The van der Waals surface area contributed by atoms with Gasteiger partial charge in [-0.15, -0.1) is 0 Å². The summed E-state index contributed by atoms with van der Waals surface area (Å²) >= 11 is 0. The average molecular weight is 1130 g/mol. The molecule has 25 unspecified atom stereocenters. The van der Waals surface area contributed by atoms with Gasteiger partial charge in [-0.25, -0.2) is 0 Å². The smallest absolute Gasteiger partial charge is 0.314 e. The Morgan fingerprint density at radius 1 is 0.487 bits per heavy atom. The maximum atomic E-state index is 14.8. The van der Waals surface area contributed by atoms with Crippen LogP contribution in [0.15, 0.2) is 12.2 Å². The van der Waals surface area contributed by atoms with Gasteiger partial charge in [-0.05, 0) is 86.5 Å². The molecule has 0 aromatic rings. The summed E-state index contributed by atoms with van der Waals surface area (Å²) in [7, 11) is 0. The number of rotatable bonds is 15. The van der Waals surface area contributed by atoms with Gasteiger partial charge in [-0.1, -0.05) is 19.9 Å². The minimum Gasteiger partial charge on any atom is -0.432 e. The molecule has 0 aromatic carbocycles. The number of esters is 1. The van der Waals surface area contributed by atoms with Crippen molar-refractivity contribution in [1.82, 2.24) is 0 Å². The summed E-state index contributed by atoms with van der Waals surface area (Å²) in [5.74, 6) is -1.10. The molecule has 4 saturated carbocycles. The van der Waals surface area contributed by atoms with E-state index in [1.807, 2.05) is 0 Å². The van der Waals surface area contributed by atoms with Crippen LogP contribution in [0, 0.1) is 28.1 Å². The number of carbonyl (C=O) groups excluding carboxylic acids is 1. The summed E-state index contributed by atoms with van der Waals surface area (Å²) in [5, 5.41) is 181. The first-order valence-electron chi connectivity index (χ1n) is 26.9. The highest BCUT2D eigenvalue weighted by atomic mass is 16.8. The Labute approximate surface area is 448 Å². The third-order valence-electron chi connectivity index (χ3n) is 19.2. The monoisotopic (exact) mass is 1130 g/mol. The van der Waals surface area contributed by atoms with E-state index >= 15 is 0 Å². The van der Waals surface area contributed by atoms with Crippen molar-refractivity contribution < 1.29 is 139 Å². The van der Waals surface area contributed by atoms with Gasteiger partial charge in [0.1, 0.15) is 122 Å². The maximum absolute atomic E-state index is 14.8. The summed E-state index contributed by atoms with van der Waals surface area (Å²) in [6, 6.07) is 0. The fourth-order valence-corrected chi connectivity index (χ4v) is 15.0. The van der Waals surface area contributed by atoms with Gasteiger partial charge < -0.3 is 134 Å². The fraction of sp³-hybridized carbons (Fsp3) is 0.940. The minimum absolute atomic E-state index is 0.0587. The maximum Gasteiger partial charge on any atom is 0.314 e. The molecule has 9 fully saturated rings. The van der Waals surface area contributed by atoms with Crippen molar-refractivity contribution >= 4 is 5.97 Å². The van der Waals surface area contributed by atoms with Crippen LogP contribution in [0.3, 0.4) is 0 Å². The van der Waals surface area contributed by atoms with Crippen molar-refractivity contribution in [3.63, 3.8) is 0 Å². The molecule has 2 bridgehead atoms. The van der Waals surface area contributed by atoms with Crippen molar-refractivity contribution in [2.24, 2.45) is 28.1 Å². The Morgan fingerprint density at radius 3 is 1.41 bits per heavy atom. The number of carbonyl (C=O) groups is 1. The van der Waals surface area contributed by atoms with Gasteiger partial charge in [-0.2, -0.15) is 0 Å². The van der Waals surface area contributed by atoms with Crippen molar-refractivity contribution in [2.75, 3.05) is 33.0 Å². The highest BCUT2D eigenvalue weighted by Gasteiger charge is 2.70. The second-order valence-electron chi connectivity index (χ2n) is 23.6. The molecular formula is C50H80O28. The molecular weight excluding hydrogens is 1050 g/mol. The zero-order valence-electron chi connectivity index (χ0n) is 43.3. The third kappa shape index (κ3) is 10.3. The largest absolute Gasteiger partial charge is 0.432 e. The second-order valence-corrected chi connectivity index (χ2v) is 23.6. The topological polar surface area (TPSA) is 453 Å². The molecule has 28 heteroatoms. The molecule has 448 valence electrons. The van der Waals surface area contributed by atoms with Gasteiger partial charge in [0.15, 0.2) is 25.2 Å². The van der Waals surface area contributed by atoms with E-state index in [0.29, 0.717) is 63.4 Å². The van der Waals surface area contributed by atoms with Crippen molar-refractivity contribution in [2.45, 2.75) is 231 Å². The molecule has 1 spiro atoms. The fourth-order valence-electron chi connectivity index (χ4n) is 15.0. The van der Waals surface area contributed by atoms with Gasteiger partial charge in [-0.3, -0.25) is 4.79 Å². The van der Waals surface area contributed by atoms with E-state index in [1.165, 1.54) is 0 Å². The zero-order valence-corrected chi connectivity index (χ0v) is 43.3. The van der Waals surface area contributed by atoms with Crippen LogP contribution < -0.4 is 0 Å². The molecule has 0 aromatic heterocycles. The van der Waals surface area contributed by atoms with Gasteiger partial charge in [0, 0.05) is 0 Å². The van der Waals surface area contributed by atoms with Gasteiger partial charge in [0.25, 0.3) is 0 Å². The molecule has 4 aliphatic carbocycles. The summed E-state index contributed by atoms with van der Waals surface area (Å²) in [4.78, 5) is 14.8. The van der Waals surface area contributed by atoms with E-state index < -0.39 is 214 Å². The first kappa shape index (κ1) is 60.8. The minimum atomic E-state index is -1.99. The van der Waals surface area contributed by atoms with Crippen LogP contribution >= 0.6 is 0 Å². The number of hydrogen-bond acceptors (Lipinski definition) is 28. The predicted octanol–water partition coefficient (Wildman–Crippen LogP) is -7.29. The second kappa shape index (κ2) is 23.3. The van der Waals surface area contributed by atoms with Crippen molar-refractivity contribution in [3.05, 3.63) is 12.2 Å². The molecule has 5 aliphatic heterocycles. The summed E-state index contributed by atoms with van der Waals surface area (Å²) in [6.45, 7) is 4.32. The Kier molecular flexibility index (Phi) is 18.2. The highest BCUT2D eigenvalue weighted by molar-refractivity contribution is 5.77. The molecule has 9 aliphatic rings. The van der Waals surface area contributed by atoms with E-state index in [0.717, 1.165) is 0 Å². The Morgan fingerprint density at radius 2 is 0.910 bits per heavy atom. The van der Waals surface area contributed by atoms with Crippen molar-refractivity contribution in [1.29, 1.82) is 0 Å². The lowest BCUT2D eigenvalue weighted by Gasteiger charge is -2.64. The Bertz CT molecular complexity index is 2070. The molecule has 17 N–H and O–H groups in total. The van der Waals surface area contributed by atoms with Gasteiger partial charge in [0.05, 0.1) is 44.1 Å². The Hall–Kier alpha value is -1.83. The molecule has 5 saturated heterocycles. The predicted molar refractivity (Wildman–Crippen MR) is 252 cm³/mol. The number of ether oxygens (including phenoxy) is 10. The molecule has 31 atom stereocenters. The summed E-state index contributed by atoms with van der Waals surface area (Å²) < 4.78 is 59.9. The molecule has 0 radical (unpaired) electrons. The highest BCUT2D eigenvalue weighted by Crippen LogP contribution is 2.74. The molecule has 78 heavy (non-hydrogen) atoms. The molecule has 5 heterocycles. The van der Waals surface area contributed by atoms with Crippen LogP contribution in [-0.4, -0.2) is 285 Å². The summed E-state index contributed by atoms with van der Waals surface area (Å²) in [6.07, 6.45) is -39.7. The number of aliphatic hydroxyl groups is 17. The number of fused-ring (bicyclic) bond motifs is 3. The Balaban J connectivity index is 0.951.